The van der Waals surface area contributed by atoms with E-state index in [9.17, 15) is 4.57 Å². The molecule has 5 nitrogen and oxygen atoms in total. The molecule has 0 aromatic carbocycles. The average Bonchev–Trinajstić information content (AvgIpc) is 2.97. The van der Waals surface area contributed by atoms with Gasteiger partial charge in [-0.05, 0) is 31.3 Å². The summed E-state index contributed by atoms with van der Waals surface area (Å²) in [5, 5.41) is 0. The quantitative estimate of drug-likeness (QED) is 0.469. The lowest BCUT2D eigenvalue weighted by Gasteiger charge is -2.23. The lowest BCUT2D eigenvalue weighted by atomic mass is 9.85. The summed E-state index contributed by atoms with van der Waals surface area (Å²) in [5.74, 6) is 0.622. The lowest BCUT2D eigenvalue weighted by Crippen LogP contribution is -2.33. The van der Waals surface area contributed by atoms with Crippen LogP contribution in [0.15, 0.2) is 0 Å². The molecule has 2 heterocycles. The second-order valence-corrected chi connectivity index (χ2v) is 9.80. The molecule has 2 aliphatic rings. The van der Waals surface area contributed by atoms with Crippen molar-refractivity contribution in [1.82, 2.24) is 0 Å². The zero-order valence-corrected chi connectivity index (χ0v) is 18.1. The van der Waals surface area contributed by atoms with Crippen molar-refractivity contribution in [1.29, 1.82) is 0 Å². The normalized spacial score (nSPS) is 41.3. The molecule has 0 N–H and O–H groups in total. The summed E-state index contributed by atoms with van der Waals surface area (Å²) >= 11 is 0. The van der Waals surface area contributed by atoms with Crippen molar-refractivity contribution in [3.63, 3.8) is 0 Å². The molecule has 148 valence electrons. The molecule has 0 bridgehead atoms. The van der Waals surface area contributed by atoms with Gasteiger partial charge in [-0.15, -0.1) is 4.52 Å². The van der Waals surface area contributed by atoms with Crippen LogP contribution in [0.25, 0.3) is 0 Å². The van der Waals surface area contributed by atoms with Crippen molar-refractivity contribution in [2.75, 3.05) is 6.16 Å². The number of hydrogen-bond donors (Lipinski definition) is 0. The van der Waals surface area contributed by atoms with Crippen LogP contribution in [0.4, 0.5) is 0 Å². The van der Waals surface area contributed by atoms with Gasteiger partial charge in [0.25, 0.3) is 0 Å². The lowest BCUT2D eigenvalue weighted by molar-refractivity contribution is -0.0500. The Morgan fingerprint density at radius 3 is 2.27 bits per heavy atom. The van der Waals surface area contributed by atoms with E-state index in [1.165, 1.54) is 0 Å². The highest BCUT2D eigenvalue weighted by Crippen LogP contribution is 2.40. The van der Waals surface area contributed by atoms with E-state index in [2.05, 4.69) is 27.7 Å². The maximum atomic E-state index is 12.6. The second-order valence-electron chi connectivity index (χ2n) is 8.47. The van der Waals surface area contributed by atoms with E-state index in [4.69, 9.17) is 26.6 Å². The predicted octanol–water partition coefficient (Wildman–Crippen LogP) is 3.91. The minimum absolute atomic E-state index is 0.0288. The van der Waals surface area contributed by atoms with Crippen molar-refractivity contribution < 1.29 is 23.3 Å². The molecule has 2 radical (unpaired) electrons. The Bertz CT molecular complexity index is 475. The van der Waals surface area contributed by atoms with E-state index in [1.807, 2.05) is 20.8 Å². The smallest absolute Gasteiger partial charge is 0.381 e. The maximum absolute atomic E-state index is 12.6. The Kier molecular flexibility index (Phi) is 8.12. The van der Waals surface area contributed by atoms with Gasteiger partial charge >= 0.3 is 8.03 Å². The van der Waals surface area contributed by atoms with Gasteiger partial charge in [-0.1, -0.05) is 27.7 Å². The van der Waals surface area contributed by atoms with Crippen LogP contribution in [0, 0.1) is 17.8 Å². The third kappa shape index (κ3) is 5.29. The van der Waals surface area contributed by atoms with Gasteiger partial charge < -0.3 is 14.2 Å². The molecule has 0 aromatic rings. The van der Waals surface area contributed by atoms with Gasteiger partial charge in [0, 0.05) is 24.3 Å². The van der Waals surface area contributed by atoms with Crippen LogP contribution in [0.1, 0.15) is 54.9 Å². The Labute approximate surface area is 161 Å². The molecular weight excluding hydrogens is 350 g/mol. The number of ether oxygens (including phenoxy) is 3. The Morgan fingerprint density at radius 2 is 1.69 bits per heavy atom. The van der Waals surface area contributed by atoms with Crippen LogP contribution < -0.4 is 0 Å². The number of hydrogen-bond acceptors (Lipinski definition) is 5. The van der Waals surface area contributed by atoms with Crippen molar-refractivity contribution in [3.05, 3.63) is 0 Å². The van der Waals surface area contributed by atoms with Gasteiger partial charge in [-0.3, -0.25) is 0 Å². The minimum Gasteiger partial charge on any atom is -0.381 e. The molecule has 2 aliphatic heterocycles. The van der Waals surface area contributed by atoms with E-state index in [0.29, 0.717) is 18.5 Å². The van der Waals surface area contributed by atoms with Crippen LogP contribution in [0.5, 0.6) is 0 Å². The first-order chi connectivity index (χ1) is 12.1. The Balaban J connectivity index is 1.89. The largest absolute Gasteiger partial charge is 0.508 e. The minimum atomic E-state index is -1.79. The van der Waals surface area contributed by atoms with Crippen molar-refractivity contribution in [2.45, 2.75) is 97.5 Å². The summed E-state index contributed by atoms with van der Waals surface area (Å²) in [5.41, 5.74) is 0. The SMILES string of the molecule is [B][C@@H]1O[C@H](C(C)C)C(O[P+](=O)CC[C@H]2O[C@@H](C)[C@@H](C)C2OC(C)C)[C@@H]1C. The van der Waals surface area contributed by atoms with Gasteiger partial charge in [0.15, 0.2) is 6.16 Å². The maximum Gasteiger partial charge on any atom is 0.508 e. The van der Waals surface area contributed by atoms with E-state index < -0.39 is 8.03 Å². The molecule has 7 heteroatoms. The summed E-state index contributed by atoms with van der Waals surface area (Å²) < 4.78 is 36.4. The van der Waals surface area contributed by atoms with Crippen LogP contribution in [0.3, 0.4) is 0 Å². The van der Waals surface area contributed by atoms with Crippen LogP contribution in [0.2, 0.25) is 0 Å². The Hall–Kier alpha value is 0.00494. The molecule has 0 aromatic heterocycles. The first-order valence-electron chi connectivity index (χ1n) is 9.95. The summed E-state index contributed by atoms with van der Waals surface area (Å²) in [6.07, 6.45) is 1.09. The highest BCUT2D eigenvalue weighted by atomic mass is 31.1. The first kappa shape index (κ1) is 22.3. The summed E-state index contributed by atoms with van der Waals surface area (Å²) in [4.78, 5) is 0. The predicted molar refractivity (Wildman–Crippen MR) is 104 cm³/mol. The summed E-state index contributed by atoms with van der Waals surface area (Å²) in [7, 11) is 4.21. The second kappa shape index (κ2) is 9.47. The third-order valence-corrected chi connectivity index (χ3v) is 6.71. The average molecular weight is 385 g/mol. The molecule has 2 rings (SSSR count). The standard InChI is InChI=1S/C19H35BO5P/c1-10(2)16-18(13(6)19(20)24-16)25-26(21)9-8-15-17(22-11(3)4)12(5)14(7)23-15/h10-19H,8-9H2,1-7H3/q+1/t12-,13+,14+,15-,16-,17?,18?,19-/m1/s1. The van der Waals surface area contributed by atoms with Crippen LogP contribution >= 0.6 is 8.03 Å². The summed E-state index contributed by atoms with van der Waals surface area (Å²) in [6, 6.07) is -0.362. The van der Waals surface area contributed by atoms with Crippen LogP contribution in [-0.4, -0.2) is 56.6 Å². The van der Waals surface area contributed by atoms with Gasteiger partial charge in [-0.2, -0.15) is 0 Å². The van der Waals surface area contributed by atoms with Gasteiger partial charge in [0.2, 0.25) is 0 Å². The highest BCUT2D eigenvalue weighted by Gasteiger charge is 2.47. The molecule has 2 fully saturated rings. The van der Waals surface area contributed by atoms with Gasteiger partial charge in [0.1, 0.15) is 14.0 Å². The van der Waals surface area contributed by atoms with Crippen molar-refractivity contribution in [2.24, 2.45) is 17.8 Å². The number of rotatable bonds is 8. The van der Waals surface area contributed by atoms with E-state index in [-0.39, 0.29) is 54.5 Å². The monoisotopic (exact) mass is 385 g/mol. The molecular formula is C19H35BO5P+. The summed E-state index contributed by atoms with van der Waals surface area (Å²) in [6.45, 7) is 14.4. The molecule has 2 saturated heterocycles. The van der Waals surface area contributed by atoms with Crippen molar-refractivity contribution >= 4 is 15.9 Å². The molecule has 0 amide bonds. The van der Waals surface area contributed by atoms with E-state index in [0.717, 1.165) is 0 Å². The van der Waals surface area contributed by atoms with E-state index >= 15 is 0 Å². The fourth-order valence-electron chi connectivity index (χ4n) is 3.82. The molecule has 3 unspecified atom stereocenters. The van der Waals surface area contributed by atoms with Gasteiger partial charge in [0.05, 0.1) is 30.5 Å². The Morgan fingerprint density at radius 1 is 1.04 bits per heavy atom. The molecule has 0 spiro atoms. The highest BCUT2D eigenvalue weighted by molar-refractivity contribution is 7.39. The fraction of sp³-hybridized carbons (Fsp3) is 1.00. The van der Waals surface area contributed by atoms with Crippen LogP contribution in [-0.2, 0) is 23.3 Å². The first-order valence-corrected chi connectivity index (χ1v) is 11.3. The van der Waals surface area contributed by atoms with E-state index in [1.54, 1.807) is 0 Å². The van der Waals surface area contributed by atoms with Gasteiger partial charge in [-0.25, -0.2) is 0 Å². The zero-order valence-electron chi connectivity index (χ0n) is 17.3. The molecule has 0 saturated carbocycles. The zero-order chi connectivity index (χ0) is 19.6. The topological polar surface area (TPSA) is 54.0 Å². The third-order valence-electron chi connectivity index (χ3n) is 5.61. The molecule has 26 heavy (non-hydrogen) atoms. The fourth-order valence-corrected chi connectivity index (χ4v) is 4.98. The molecule has 0 aliphatic carbocycles. The molecule has 9 atom stereocenters. The van der Waals surface area contributed by atoms with Crippen molar-refractivity contribution in [3.8, 4) is 0 Å².